The average molecular weight is 278 g/mol. The molecule has 1 atom stereocenters. The van der Waals surface area contributed by atoms with Crippen molar-refractivity contribution in [2.75, 3.05) is 5.32 Å². The van der Waals surface area contributed by atoms with Gasteiger partial charge in [0, 0.05) is 6.04 Å². The maximum Gasteiger partial charge on any atom is 0.126 e. The number of anilines is 1. The summed E-state index contributed by atoms with van der Waals surface area (Å²) in [5.41, 5.74) is 2.73. The van der Waals surface area contributed by atoms with Crippen molar-refractivity contribution in [3.63, 3.8) is 0 Å². The van der Waals surface area contributed by atoms with Gasteiger partial charge in [-0.15, -0.1) is 0 Å². The van der Waals surface area contributed by atoms with E-state index in [2.05, 4.69) is 5.32 Å². The first kappa shape index (κ1) is 13.9. The lowest BCUT2D eigenvalue weighted by molar-refractivity contribution is 0.601. The Labute approximate surface area is 118 Å². The summed E-state index contributed by atoms with van der Waals surface area (Å²) in [7, 11) is 0. The largest absolute Gasteiger partial charge is 0.381 e. The zero-order valence-electron chi connectivity index (χ0n) is 11.1. The number of hydrogen-bond acceptors (Lipinski definition) is 1. The van der Waals surface area contributed by atoms with Crippen LogP contribution < -0.4 is 5.32 Å². The highest BCUT2D eigenvalue weighted by atomic mass is 35.5. The van der Waals surface area contributed by atoms with E-state index in [9.17, 15) is 4.39 Å². The fourth-order valence-corrected chi connectivity index (χ4v) is 2.38. The lowest BCUT2D eigenvalue weighted by Crippen LogP contribution is -2.19. The highest BCUT2D eigenvalue weighted by molar-refractivity contribution is 6.33. The maximum atomic E-state index is 13.6. The van der Waals surface area contributed by atoms with Crippen LogP contribution in [-0.4, -0.2) is 6.04 Å². The van der Waals surface area contributed by atoms with Gasteiger partial charge in [-0.1, -0.05) is 41.9 Å². The maximum absolute atomic E-state index is 13.6. The van der Waals surface area contributed by atoms with E-state index in [1.807, 2.05) is 44.2 Å². The van der Waals surface area contributed by atoms with Crippen molar-refractivity contribution in [2.24, 2.45) is 0 Å². The molecule has 0 aliphatic heterocycles. The van der Waals surface area contributed by atoms with Crippen LogP contribution in [0.3, 0.4) is 0 Å². The molecule has 1 N–H and O–H groups in total. The Morgan fingerprint density at radius 2 is 1.89 bits per heavy atom. The Hall–Kier alpha value is -1.54. The number of rotatable bonds is 4. The minimum atomic E-state index is -0.160. The fourth-order valence-electron chi connectivity index (χ4n) is 2.11. The van der Waals surface area contributed by atoms with Crippen LogP contribution in [0.25, 0.3) is 0 Å². The smallest absolute Gasteiger partial charge is 0.126 e. The minimum absolute atomic E-state index is 0.107. The molecular weight excluding hydrogens is 261 g/mol. The van der Waals surface area contributed by atoms with E-state index in [0.29, 0.717) is 17.0 Å². The van der Waals surface area contributed by atoms with E-state index in [0.717, 1.165) is 11.3 Å². The van der Waals surface area contributed by atoms with Gasteiger partial charge in [0.25, 0.3) is 0 Å². The van der Waals surface area contributed by atoms with Crippen molar-refractivity contribution in [3.05, 3.63) is 64.4 Å². The lowest BCUT2D eigenvalue weighted by atomic mass is 10.1. The van der Waals surface area contributed by atoms with Gasteiger partial charge >= 0.3 is 0 Å². The first-order valence-electron chi connectivity index (χ1n) is 6.33. The third-order valence-electron chi connectivity index (χ3n) is 3.10. The standard InChI is InChI=1S/C16H17ClFN/c1-11-6-5-8-14(17)16(11)19-12(2)10-13-7-3-4-9-15(13)18/h3-9,12,19H,10H2,1-2H3. The second-order valence-corrected chi connectivity index (χ2v) is 5.18. The van der Waals surface area contributed by atoms with Gasteiger partial charge in [0.1, 0.15) is 5.82 Å². The van der Waals surface area contributed by atoms with Crippen molar-refractivity contribution in [2.45, 2.75) is 26.3 Å². The first-order valence-corrected chi connectivity index (χ1v) is 6.71. The summed E-state index contributed by atoms with van der Waals surface area (Å²) in [5, 5.41) is 4.05. The number of benzene rings is 2. The van der Waals surface area contributed by atoms with Gasteiger partial charge < -0.3 is 5.32 Å². The minimum Gasteiger partial charge on any atom is -0.381 e. The quantitative estimate of drug-likeness (QED) is 0.844. The molecule has 0 saturated heterocycles. The van der Waals surface area contributed by atoms with Crippen LogP contribution in [0.15, 0.2) is 42.5 Å². The number of hydrogen-bond donors (Lipinski definition) is 1. The van der Waals surface area contributed by atoms with Crippen LogP contribution >= 0.6 is 11.6 Å². The van der Waals surface area contributed by atoms with E-state index >= 15 is 0 Å². The molecular formula is C16H17ClFN. The second kappa shape index (κ2) is 6.07. The van der Waals surface area contributed by atoms with Gasteiger partial charge in [0.15, 0.2) is 0 Å². The molecule has 3 heteroatoms. The Morgan fingerprint density at radius 3 is 2.58 bits per heavy atom. The first-order chi connectivity index (χ1) is 9.08. The van der Waals surface area contributed by atoms with Gasteiger partial charge in [0.2, 0.25) is 0 Å². The summed E-state index contributed by atoms with van der Waals surface area (Å²) in [5.74, 6) is -0.160. The molecule has 0 aliphatic carbocycles. The van der Waals surface area contributed by atoms with Gasteiger partial charge in [-0.05, 0) is 43.5 Å². The molecule has 0 heterocycles. The molecule has 2 rings (SSSR count). The Balaban J connectivity index is 2.10. The molecule has 0 fully saturated rings. The van der Waals surface area contributed by atoms with Crippen LogP contribution in [-0.2, 0) is 6.42 Å². The highest BCUT2D eigenvalue weighted by Gasteiger charge is 2.10. The normalized spacial score (nSPS) is 12.2. The number of para-hydroxylation sites is 1. The Morgan fingerprint density at radius 1 is 1.16 bits per heavy atom. The zero-order chi connectivity index (χ0) is 13.8. The Bertz CT molecular complexity index is 548. The summed E-state index contributed by atoms with van der Waals surface area (Å²) in [6.07, 6.45) is 0.622. The van der Waals surface area contributed by atoms with Crippen molar-refractivity contribution in [3.8, 4) is 0 Å². The monoisotopic (exact) mass is 277 g/mol. The lowest BCUT2D eigenvalue weighted by Gasteiger charge is -2.18. The van der Waals surface area contributed by atoms with Crippen molar-refractivity contribution < 1.29 is 4.39 Å². The van der Waals surface area contributed by atoms with Crippen LogP contribution in [0, 0.1) is 12.7 Å². The zero-order valence-corrected chi connectivity index (χ0v) is 11.8. The molecule has 0 spiro atoms. The molecule has 0 bridgehead atoms. The number of nitrogens with one attached hydrogen (secondary N) is 1. The molecule has 0 saturated carbocycles. The molecule has 1 unspecified atom stereocenters. The van der Waals surface area contributed by atoms with Crippen LogP contribution in [0.5, 0.6) is 0 Å². The predicted molar refractivity (Wildman–Crippen MR) is 79.4 cm³/mol. The van der Waals surface area contributed by atoms with Crippen LogP contribution in [0.4, 0.5) is 10.1 Å². The predicted octanol–water partition coefficient (Wildman–Crippen LogP) is 4.83. The summed E-state index contributed by atoms with van der Waals surface area (Å²) in [4.78, 5) is 0. The van der Waals surface area contributed by atoms with Gasteiger partial charge in [0.05, 0.1) is 10.7 Å². The molecule has 2 aromatic carbocycles. The Kier molecular flexibility index (Phi) is 4.43. The summed E-state index contributed by atoms with van der Waals surface area (Å²) in [6.45, 7) is 4.03. The van der Waals surface area contributed by atoms with Gasteiger partial charge in [-0.2, -0.15) is 0 Å². The molecule has 100 valence electrons. The second-order valence-electron chi connectivity index (χ2n) is 4.77. The molecule has 0 radical (unpaired) electrons. The van der Waals surface area contributed by atoms with Gasteiger partial charge in [-0.25, -0.2) is 4.39 Å². The summed E-state index contributed by atoms with van der Waals surface area (Å²) < 4.78 is 13.6. The van der Waals surface area contributed by atoms with E-state index in [1.54, 1.807) is 6.07 Å². The average Bonchev–Trinajstić information content (AvgIpc) is 2.37. The van der Waals surface area contributed by atoms with Crippen molar-refractivity contribution in [1.29, 1.82) is 0 Å². The summed E-state index contributed by atoms with van der Waals surface area (Å²) in [6, 6.07) is 12.7. The summed E-state index contributed by atoms with van der Waals surface area (Å²) >= 11 is 6.17. The molecule has 0 aliphatic rings. The number of aryl methyl sites for hydroxylation is 1. The van der Waals surface area contributed by atoms with Crippen LogP contribution in [0.1, 0.15) is 18.1 Å². The van der Waals surface area contributed by atoms with Crippen molar-refractivity contribution >= 4 is 17.3 Å². The van der Waals surface area contributed by atoms with Gasteiger partial charge in [-0.3, -0.25) is 0 Å². The SMILES string of the molecule is Cc1cccc(Cl)c1NC(C)Cc1ccccc1F. The van der Waals surface area contributed by atoms with E-state index in [1.165, 1.54) is 6.07 Å². The molecule has 0 amide bonds. The number of halogens is 2. The van der Waals surface area contributed by atoms with E-state index in [-0.39, 0.29) is 11.9 Å². The van der Waals surface area contributed by atoms with Crippen molar-refractivity contribution in [1.82, 2.24) is 0 Å². The molecule has 1 nitrogen and oxygen atoms in total. The van der Waals surface area contributed by atoms with Crippen LogP contribution in [0.2, 0.25) is 5.02 Å². The van der Waals surface area contributed by atoms with E-state index in [4.69, 9.17) is 11.6 Å². The third kappa shape index (κ3) is 3.48. The molecule has 0 aromatic heterocycles. The topological polar surface area (TPSA) is 12.0 Å². The molecule has 19 heavy (non-hydrogen) atoms. The fraction of sp³-hybridized carbons (Fsp3) is 0.250. The third-order valence-corrected chi connectivity index (χ3v) is 3.41. The highest BCUT2D eigenvalue weighted by Crippen LogP contribution is 2.26. The molecule has 2 aromatic rings. The van der Waals surface area contributed by atoms with E-state index < -0.39 is 0 Å².